The lowest BCUT2D eigenvalue weighted by Crippen LogP contribution is -2.50. The van der Waals surface area contributed by atoms with Gasteiger partial charge >= 0.3 is 18.2 Å². The first-order valence-corrected chi connectivity index (χ1v) is 23.6. The van der Waals surface area contributed by atoms with Crippen LogP contribution in [0.1, 0.15) is 44.3 Å². The van der Waals surface area contributed by atoms with Crippen LogP contribution < -0.4 is 20.4 Å². The van der Waals surface area contributed by atoms with Crippen LogP contribution in [0, 0.1) is 10.8 Å². The van der Waals surface area contributed by atoms with Gasteiger partial charge in [-0.15, -0.1) is 22.7 Å². The zero-order valence-electron chi connectivity index (χ0n) is 35.2. The summed E-state index contributed by atoms with van der Waals surface area (Å²) >= 11 is 2.59. The van der Waals surface area contributed by atoms with Gasteiger partial charge in [0, 0.05) is 55.2 Å². The van der Waals surface area contributed by atoms with Crippen LogP contribution >= 0.6 is 22.7 Å². The number of anilines is 2. The Morgan fingerprint density at radius 1 is 0.734 bits per heavy atom. The molecule has 64 heavy (non-hydrogen) atoms. The minimum absolute atomic E-state index is 0.00145. The van der Waals surface area contributed by atoms with Gasteiger partial charge in [0.2, 0.25) is 0 Å². The van der Waals surface area contributed by atoms with E-state index in [2.05, 4.69) is 24.6 Å². The van der Waals surface area contributed by atoms with Crippen molar-refractivity contribution in [1.29, 1.82) is 10.8 Å². The largest absolute Gasteiger partial charge is 0.462 e. The van der Waals surface area contributed by atoms with Crippen molar-refractivity contribution < 1.29 is 50.8 Å². The van der Waals surface area contributed by atoms with Gasteiger partial charge in [-0.05, 0) is 85.3 Å². The minimum atomic E-state index is -3.62. The Morgan fingerprint density at radius 3 is 1.62 bits per heavy atom. The van der Waals surface area contributed by atoms with Crippen LogP contribution in [0.15, 0.2) is 83.6 Å². The first-order chi connectivity index (χ1) is 30.5. The molecule has 3 saturated heterocycles. The van der Waals surface area contributed by atoms with Crippen molar-refractivity contribution in [2.24, 2.45) is 0 Å². The van der Waals surface area contributed by atoms with Crippen LogP contribution in [0.2, 0.25) is 0 Å². The maximum absolute atomic E-state index is 12.5. The number of rotatable bonds is 14. The van der Waals surface area contributed by atoms with Gasteiger partial charge in [0.1, 0.15) is 30.5 Å². The highest BCUT2D eigenvalue weighted by atomic mass is 32.2. The Kier molecular flexibility index (Phi) is 16.0. The molecule has 0 spiro atoms. The molecule has 2 aromatic heterocycles. The smallest absolute Gasteiger partial charge is 0.414 e. The Morgan fingerprint density at radius 2 is 1.19 bits per heavy atom. The van der Waals surface area contributed by atoms with Crippen molar-refractivity contribution in [2.75, 3.05) is 75.0 Å². The lowest BCUT2D eigenvalue weighted by Gasteiger charge is -2.34. The summed E-state index contributed by atoms with van der Waals surface area (Å²) in [6.07, 6.45) is -1.16. The van der Waals surface area contributed by atoms with Gasteiger partial charge in [-0.3, -0.25) is 49.0 Å². The Balaban J connectivity index is 0.000000219. The van der Waals surface area contributed by atoms with E-state index >= 15 is 0 Å². The molecule has 4 aromatic rings. The number of thiophene rings is 2. The number of nitrogens with zero attached hydrogens (tertiary/aromatic N) is 4. The molecule has 4 amide bonds. The fraction of sp³-hybridized carbons (Fsp3) is 0.357. The molecule has 0 bridgehead atoms. The van der Waals surface area contributed by atoms with E-state index in [4.69, 9.17) is 25.0 Å². The number of cyclic esters (lactones) is 2. The van der Waals surface area contributed by atoms with E-state index in [1.165, 1.54) is 27.6 Å². The van der Waals surface area contributed by atoms with Gasteiger partial charge in [-0.2, -0.15) is 8.42 Å². The number of piperazine rings is 1. The second kappa shape index (κ2) is 21.6. The third-order valence-corrected chi connectivity index (χ3v) is 12.1. The SMILES string of the molecule is CC(C)OC(=O)CN1CCN(CC2CN(c3ccc(C(=N)NC(=O)c4cccs4)cc3)C(=O)O2)CC1.CS(=O)(=O)OCC1CN(c2ccc(C(=N)NC(=O)c3cccs3)cc2)C(=O)O1. The summed E-state index contributed by atoms with van der Waals surface area (Å²) in [5.74, 6) is -0.945. The highest BCUT2D eigenvalue weighted by Gasteiger charge is 2.35. The van der Waals surface area contributed by atoms with Gasteiger partial charge in [0.05, 0.1) is 41.7 Å². The fourth-order valence-corrected chi connectivity index (χ4v) is 8.31. The topological polar surface area (TPSA) is 241 Å². The van der Waals surface area contributed by atoms with E-state index in [1.54, 1.807) is 83.1 Å². The first-order valence-electron chi connectivity index (χ1n) is 20.0. The molecule has 5 heterocycles. The van der Waals surface area contributed by atoms with Crippen molar-refractivity contribution in [3.63, 3.8) is 0 Å². The van der Waals surface area contributed by atoms with E-state index in [0.29, 0.717) is 51.9 Å². The first kappa shape index (κ1) is 47.4. The molecule has 2 unspecified atom stereocenters. The number of esters is 1. The molecule has 0 saturated carbocycles. The zero-order chi connectivity index (χ0) is 46.0. The Hall–Kier alpha value is -6.04. The molecule has 7 rings (SSSR count). The summed E-state index contributed by atoms with van der Waals surface area (Å²) in [5.41, 5.74) is 2.21. The van der Waals surface area contributed by atoms with Crippen LogP contribution in [0.4, 0.5) is 21.0 Å². The Bertz CT molecular complexity index is 2410. The van der Waals surface area contributed by atoms with Gasteiger partial charge in [-0.1, -0.05) is 12.1 Å². The van der Waals surface area contributed by atoms with E-state index in [9.17, 15) is 32.4 Å². The summed E-state index contributed by atoms with van der Waals surface area (Å²) in [7, 11) is -3.62. The van der Waals surface area contributed by atoms with E-state index in [0.717, 1.165) is 32.4 Å². The molecule has 22 heteroatoms. The molecule has 2 aromatic carbocycles. The van der Waals surface area contributed by atoms with E-state index in [-0.39, 0.29) is 54.8 Å². The average Bonchev–Trinajstić information content (AvgIpc) is 4.10. The van der Waals surface area contributed by atoms with Gasteiger partial charge in [0.15, 0.2) is 0 Å². The lowest BCUT2D eigenvalue weighted by atomic mass is 10.1. The normalized spacial score (nSPS) is 17.9. The number of nitrogens with one attached hydrogen (secondary N) is 4. The number of ether oxygens (including phenoxy) is 3. The van der Waals surface area contributed by atoms with Crippen LogP contribution in [0.25, 0.3) is 0 Å². The number of hydrogen-bond acceptors (Lipinski definition) is 17. The molecular weight excluding hydrogens is 889 g/mol. The molecule has 3 aliphatic rings. The maximum atomic E-state index is 12.5. The number of amidine groups is 2. The summed E-state index contributed by atoms with van der Waals surface area (Å²) in [6, 6.07) is 20.2. The fourth-order valence-electron chi connectivity index (χ4n) is 6.67. The van der Waals surface area contributed by atoms with E-state index in [1.807, 2.05) is 19.2 Å². The predicted octanol–water partition coefficient (Wildman–Crippen LogP) is 4.20. The van der Waals surface area contributed by atoms with Crippen LogP contribution in [0.3, 0.4) is 0 Å². The molecule has 3 aliphatic heterocycles. The summed E-state index contributed by atoms with van der Waals surface area (Å²) in [4.78, 5) is 68.9. The summed E-state index contributed by atoms with van der Waals surface area (Å²) < 4.78 is 42.7. The number of carbonyl (C=O) groups is 5. The lowest BCUT2D eigenvalue weighted by molar-refractivity contribution is -0.149. The van der Waals surface area contributed by atoms with Crippen molar-refractivity contribution in [1.82, 2.24) is 20.4 Å². The second-order valence-corrected chi connectivity index (χ2v) is 18.6. The standard InChI is InChI=1S/C25H31N5O5S.C17H17N3O6S2/c1-17(2)34-22(31)16-29-11-9-28(10-12-29)14-20-15-30(25(33)35-20)19-7-5-18(6-8-19)23(26)27-24(32)21-4-3-13-36-21;1-28(23,24)25-10-13-9-20(17(22)26-13)12-6-4-11(5-7-12)15(18)19-16(21)14-3-2-8-27-14/h3-8,13,17,20H,9-12,14-16H2,1-2H3,(H2,26,27,32);2-8,13H,9-10H2,1H3,(H2,18,19,21). The van der Waals surface area contributed by atoms with Gasteiger partial charge in [-0.25, -0.2) is 9.59 Å². The van der Waals surface area contributed by atoms with Crippen molar-refractivity contribution in [3.05, 3.63) is 104 Å². The molecule has 4 N–H and O–H groups in total. The number of benzene rings is 2. The number of amides is 4. The number of carbonyl (C=O) groups excluding carboxylic acids is 5. The van der Waals surface area contributed by atoms with Crippen molar-refractivity contribution >= 4 is 85.8 Å². The zero-order valence-corrected chi connectivity index (χ0v) is 37.6. The third-order valence-electron chi connectivity index (χ3n) is 9.77. The van der Waals surface area contributed by atoms with Crippen LogP contribution in [-0.4, -0.2) is 143 Å². The van der Waals surface area contributed by atoms with Crippen LogP contribution in [0.5, 0.6) is 0 Å². The van der Waals surface area contributed by atoms with Gasteiger partial charge in [0.25, 0.3) is 21.9 Å². The molecule has 0 aliphatic carbocycles. The van der Waals surface area contributed by atoms with Crippen LogP contribution in [-0.2, 0) is 33.3 Å². The highest BCUT2D eigenvalue weighted by molar-refractivity contribution is 7.86. The molecule has 19 nitrogen and oxygen atoms in total. The minimum Gasteiger partial charge on any atom is -0.462 e. The summed E-state index contributed by atoms with van der Waals surface area (Å²) in [5, 5.41) is 24.9. The predicted molar refractivity (Wildman–Crippen MR) is 240 cm³/mol. The quantitative estimate of drug-likeness (QED) is 0.0456. The second-order valence-electron chi connectivity index (χ2n) is 15.0. The van der Waals surface area contributed by atoms with Crippen molar-refractivity contribution in [2.45, 2.75) is 32.2 Å². The molecule has 340 valence electrons. The van der Waals surface area contributed by atoms with Gasteiger partial charge < -0.3 is 24.8 Å². The monoisotopic (exact) mass is 936 g/mol. The highest BCUT2D eigenvalue weighted by Crippen LogP contribution is 2.25. The molecule has 3 fully saturated rings. The molecule has 0 radical (unpaired) electrons. The Labute approximate surface area is 378 Å². The molecule has 2 atom stereocenters. The van der Waals surface area contributed by atoms with Crippen molar-refractivity contribution in [3.8, 4) is 0 Å². The maximum Gasteiger partial charge on any atom is 0.414 e. The number of hydrogen-bond donors (Lipinski definition) is 4. The van der Waals surface area contributed by atoms with E-state index < -0.39 is 28.4 Å². The average molecular weight is 937 g/mol. The summed E-state index contributed by atoms with van der Waals surface area (Å²) in [6.45, 7) is 8.02. The molecular formula is C42H48N8O11S3. The third kappa shape index (κ3) is 13.5.